The molecule has 6 heteroatoms. The Balaban J connectivity index is 1.75. The Labute approximate surface area is 133 Å². The number of carboxylic acid groups (broad SMARTS) is 1. The van der Waals surface area contributed by atoms with Gasteiger partial charge >= 0.3 is 5.97 Å². The van der Waals surface area contributed by atoms with Gasteiger partial charge in [-0.3, -0.25) is 9.59 Å². The molecule has 5 atom stereocenters. The number of hydrogen-bond donors (Lipinski definition) is 2. The molecule has 1 amide bonds. The Morgan fingerprint density at radius 3 is 2.50 bits per heavy atom. The van der Waals surface area contributed by atoms with Gasteiger partial charge in [-0.2, -0.15) is 0 Å². The van der Waals surface area contributed by atoms with Crippen LogP contribution in [0, 0.1) is 37.5 Å². The molecule has 2 N–H and O–H groups in total. The average Bonchev–Trinajstić information content (AvgIpc) is 3.11. The van der Waals surface area contributed by atoms with E-state index in [4.69, 9.17) is 0 Å². The van der Waals surface area contributed by atoms with Crippen molar-refractivity contribution in [2.75, 3.05) is 0 Å². The zero-order valence-corrected chi connectivity index (χ0v) is 13.7. The van der Waals surface area contributed by atoms with Crippen LogP contribution in [0.15, 0.2) is 12.2 Å². The number of carbonyl (C=O) groups excluding carboxylic acids is 1. The van der Waals surface area contributed by atoms with E-state index in [1.807, 2.05) is 32.9 Å². The van der Waals surface area contributed by atoms with Gasteiger partial charge in [0, 0.05) is 4.88 Å². The number of fused-ring (bicyclic) bond motifs is 2. The van der Waals surface area contributed by atoms with Gasteiger partial charge in [-0.15, -0.1) is 11.3 Å². The fraction of sp³-hybridized carbons (Fsp3) is 0.562. The minimum atomic E-state index is -0.866. The molecule has 0 aliphatic heterocycles. The molecule has 2 aliphatic rings. The molecule has 1 aromatic heterocycles. The number of hydrogen-bond acceptors (Lipinski definition) is 4. The number of thiazole rings is 1. The quantitative estimate of drug-likeness (QED) is 0.835. The highest BCUT2D eigenvalue weighted by atomic mass is 32.1. The molecule has 0 saturated heterocycles. The van der Waals surface area contributed by atoms with E-state index in [1.54, 1.807) is 11.3 Å². The number of aryl methyl sites for hydroxylation is 2. The van der Waals surface area contributed by atoms with Crippen LogP contribution >= 0.6 is 11.3 Å². The minimum absolute atomic E-state index is 0.000871. The number of amides is 1. The Bertz CT molecular complexity index is 652. The molecule has 1 aromatic rings. The first-order chi connectivity index (χ1) is 10.4. The van der Waals surface area contributed by atoms with Crippen LogP contribution in [0.3, 0.4) is 0 Å². The van der Waals surface area contributed by atoms with E-state index < -0.39 is 17.8 Å². The number of nitrogens with one attached hydrogen (secondary N) is 1. The molecule has 2 bridgehead atoms. The maximum absolute atomic E-state index is 12.6. The van der Waals surface area contributed by atoms with E-state index in [9.17, 15) is 14.7 Å². The maximum Gasteiger partial charge on any atom is 0.307 e. The Morgan fingerprint density at radius 1 is 1.32 bits per heavy atom. The second kappa shape index (κ2) is 5.50. The zero-order chi connectivity index (χ0) is 16.0. The summed E-state index contributed by atoms with van der Waals surface area (Å²) >= 11 is 1.57. The summed E-state index contributed by atoms with van der Waals surface area (Å²) in [7, 11) is 0. The zero-order valence-electron chi connectivity index (χ0n) is 12.9. The van der Waals surface area contributed by atoms with E-state index in [-0.39, 0.29) is 23.8 Å². The van der Waals surface area contributed by atoms with E-state index >= 15 is 0 Å². The van der Waals surface area contributed by atoms with Crippen molar-refractivity contribution in [2.45, 2.75) is 33.2 Å². The first-order valence-electron chi connectivity index (χ1n) is 7.54. The van der Waals surface area contributed by atoms with Crippen molar-refractivity contribution in [2.24, 2.45) is 23.7 Å². The predicted molar refractivity (Wildman–Crippen MR) is 83.5 cm³/mol. The van der Waals surface area contributed by atoms with Crippen LogP contribution in [-0.2, 0) is 9.59 Å². The average molecular weight is 320 g/mol. The molecule has 2 aliphatic carbocycles. The van der Waals surface area contributed by atoms with Crippen LogP contribution in [0.2, 0.25) is 0 Å². The van der Waals surface area contributed by atoms with Gasteiger partial charge in [0.1, 0.15) is 0 Å². The van der Waals surface area contributed by atoms with Crippen LogP contribution in [0.25, 0.3) is 0 Å². The fourth-order valence-electron chi connectivity index (χ4n) is 3.84. The summed E-state index contributed by atoms with van der Waals surface area (Å²) in [6.45, 7) is 5.80. The lowest BCUT2D eigenvalue weighted by atomic mass is 9.82. The van der Waals surface area contributed by atoms with Gasteiger partial charge in [-0.05, 0) is 39.0 Å². The Kier molecular flexibility index (Phi) is 3.80. The molecular weight excluding hydrogens is 300 g/mol. The summed E-state index contributed by atoms with van der Waals surface area (Å²) in [6, 6.07) is -0.142. The van der Waals surface area contributed by atoms with Gasteiger partial charge < -0.3 is 10.4 Å². The SMILES string of the molecule is Cc1nc(C)c([C@H](C)NC(=O)[C@@H]2[C@H](C(=O)O)[C@H]3C=C[C@H]2C3)s1. The molecule has 118 valence electrons. The third-order valence-corrected chi connectivity index (χ3v) is 5.99. The summed E-state index contributed by atoms with van der Waals surface area (Å²) in [5, 5.41) is 13.4. The van der Waals surface area contributed by atoms with Gasteiger partial charge in [0.25, 0.3) is 0 Å². The number of allylic oxidation sites excluding steroid dienone is 2. The molecular formula is C16H20N2O3S. The number of aliphatic carboxylic acids is 1. The highest BCUT2D eigenvalue weighted by Crippen LogP contribution is 2.48. The van der Waals surface area contributed by atoms with Gasteiger partial charge in [0.05, 0.1) is 28.6 Å². The number of nitrogens with zero attached hydrogens (tertiary/aromatic N) is 1. The van der Waals surface area contributed by atoms with E-state index in [2.05, 4.69) is 10.3 Å². The molecule has 0 unspecified atom stereocenters. The summed E-state index contributed by atoms with van der Waals surface area (Å²) in [6.07, 6.45) is 4.73. The molecule has 0 aromatic carbocycles. The van der Waals surface area contributed by atoms with Gasteiger partial charge in [0.15, 0.2) is 0 Å². The Hall–Kier alpha value is -1.69. The van der Waals surface area contributed by atoms with Crippen LogP contribution in [0.1, 0.15) is 35.0 Å². The summed E-state index contributed by atoms with van der Waals surface area (Å²) < 4.78 is 0. The second-order valence-corrected chi connectivity index (χ2v) is 7.49. The van der Waals surface area contributed by atoms with Crippen molar-refractivity contribution >= 4 is 23.2 Å². The summed E-state index contributed by atoms with van der Waals surface area (Å²) in [4.78, 5) is 29.5. The summed E-state index contributed by atoms with van der Waals surface area (Å²) in [5.74, 6) is -2.00. The maximum atomic E-state index is 12.6. The normalized spacial score (nSPS) is 30.5. The highest BCUT2D eigenvalue weighted by molar-refractivity contribution is 7.11. The number of aromatic nitrogens is 1. The molecule has 3 rings (SSSR count). The third kappa shape index (κ3) is 2.45. The lowest BCUT2D eigenvalue weighted by Gasteiger charge is -2.25. The third-order valence-electron chi connectivity index (χ3n) is 4.74. The van der Waals surface area contributed by atoms with Gasteiger partial charge in [-0.1, -0.05) is 12.2 Å². The first-order valence-corrected chi connectivity index (χ1v) is 8.35. The van der Waals surface area contributed by atoms with E-state index in [0.29, 0.717) is 0 Å². The number of carboxylic acids is 1. The van der Waals surface area contributed by atoms with Crippen molar-refractivity contribution in [1.82, 2.24) is 10.3 Å². The van der Waals surface area contributed by atoms with Crippen molar-refractivity contribution in [1.29, 1.82) is 0 Å². The molecule has 1 heterocycles. The standard InChI is InChI=1S/C16H20N2O3S/c1-7-14(22-9(3)17-7)8(2)18-15(19)12-10-4-5-11(6-10)13(12)16(20)21/h4-5,8,10-13H,6H2,1-3H3,(H,18,19)(H,20,21)/t8-,10-,11-,12-,13+/m0/s1. The Morgan fingerprint density at radius 2 is 1.95 bits per heavy atom. The summed E-state index contributed by atoms with van der Waals surface area (Å²) in [5.41, 5.74) is 0.929. The van der Waals surface area contributed by atoms with Crippen molar-refractivity contribution in [3.63, 3.8) is 0 Å². The van der Waals surface area contributed by atoms with E-state index in [0.717, 1.165) is 22.0 Å². The van der Waals surface area contributed by atoms with Crippen LogP contribution < -0.4 is 5.32 Å². The van der Waals surface area contributed by atoms with Crippen LogP contribution in [0.4, 0.5) is 0 Å². The van der Waals surface area contributed by atoms with Gasteiger partial charge in [-0.25, -0.2) is 4.98 Å². The smallest absolute Gasteiger partial charge is 0.307 e. The number of carbonyl (C=O) groups is 2. The monoisotopic (exact) mass is 320 g/mol. The second-order valence-electron chi connectivity index (χ2n) is 6.25. The predicted octanol–water partition coefficient (Wildman–Crippen LogP) is 2.46. The molecule has 0 radical (unpaired) electrons. The topological polar surface area (TPSA) is 79.3 Å². The molecule has 1 fully saturated rings. The largest absolute Gasteiger partial charge is 0.481 e. The molecule has 5 nitrogen and oxygen atoms in total. The van der Waals surface area contributed by atoms with Crippen LogP contribution in [-0.4, -0.2) is 22.0 Å². The van der Waals surface area contributed by atoms with E-state index in [1.165, 1.54) is 0 Å². The molecule has 0 spiro atoms. The number of rotatable bonds is 4. The van der Waals surface area contributed by atoms with Crippen LogP contribution in [0.5, 0.6) is 0 Å². The van der Waals surface area contributed by atoms with Crippen molar-refractivity contribution in [3.8, 4) is 0 Å². The fourth-order valence-corrected chi connectivity index (χ4v) is 4.77. The lowest BCUT2D eigenvalue weighted by molar-refractivity contribution is -0.148. The highest BCUT2D eigenvalue weighted by Gasteiger charge is 2.51. The first kappa shape index (κ1) is 15.2. The van der Waals surface area contributed by atoms with Crippen molar-refractivity contribution in [3.05, 3.63) is 27.7 Å². The van der Waals surface area contributed by atoms with Crippen molar-refractivity contribution < 1.29 is 14.7 Å². The minimum Gasteiger partial charge on any atom is -0.481 e. The molecule has 22 heavy (non-hydrogen) atoms. The van der Waals surface area contributed by atoms with Gasteiger partial charge in [0.2, 0.25) is 5.91 Å². The lowest BCUT2D eigenvalue weighted by Crippen LogP contribution is -2.41. The molecule has 1 saturated carbocycles.